The Morgan fingerprint density at radius 1 is 1.05 bits per heavy atom. The van der Waals surface area contributed by atoms with E-state index in [4.69, 9.17) is 4.42 Å². The summed E-state index contributed by atoms with van der Waals surface area (Å²) < 4.78 is 5.95. The van der Waals surface area contributed by atoms with Crippen LogP contribution >= 0.6 is 0 Å². The quantitative estimate of drug-likeness (QED) is 0.893. The average Bonchev–Trinajstić information content (AvgIpc) is 2.95. The summed E-state index contributed by atoms with van der Waals surface area (Å²) in [6.45, 7) is 2.11. The Morgan fingerprint density at radius 3 is 2.63 bits per heavy atom. The van der Waals surface area contributed by atoms with Crippen LogP contribution in [0.4, 0.5) is 0 Å². The minimum absolute atomic E-state index is 0.256. The lowest BCUT2D eigenvalue weighted by Gasteiger charge is -2.16. The van der Waals surface area contributed by atoms with Crippen LogP contribution in [0.5, 0.6) is 0 Å². The number of hydrogen-bond acceptors (Lipinski definition) is 2. The van der Waals surface area contributed by atoms with Crippen molar-refractivity contribution in [3.8, 4) is 11.3 Å². The topological polar surface area (TPSA) is 25.2 Å². The highest BCUT2D eigenvalue weighted by molar-refractivity contribution is 5.60. The molecule has 0 radical (unpaired) electrons. The molecule has 0 amide bonds. The molecule has 1 N–H and O–H groups in total. The number of rotatable bonds is 3. The fourth-order valence-electron chi connectivity index (χ4n) is 2.77. The predicted molar refractivity (Wildman–Crippen MR) is 78.3 cm³/mol. The van der Waals surface area contributed by atoms with E-state index in [0.29, 0.717) is 0 Å². The number of benzene rings is 1. The van der Waals surface area contributed by atoms with Crippen LogP contribution < -0.4 is 5.32 Å². The van der Waals surface area contributed by atoms with E-state index in [0.717, 1.165) is 11.5 Å². The van der Waals surface area contributed by atoms with Gasteiger partial charge < -0.3 is 9.73 Å². The van der Waals surface area contributed by atoms with Gasteiger partial charge in [0.25, 0.3) is 0 Å². The van der Waals surface area contributed by atoms with Crippen LogP contribution in [0.3, 0.4) is 0 Å². The highest BCUT2D eigenvalue weighted by Crippen LogP contribution is 2.29. The maximum absolute atomic E-state index is 5.95. The van der Waals surface area contributed by atoms with Gasteiger partial charge in [-0.2, -0.15) is 0 Å². The Labute approximate surface area is 114 Å². The SMILES string of the molecule is CNC(C)c1ccc(-c2ccc3c(c2)CCCC3)o1. The Hall–Kier alpha value is -1.54. The van der Waals surface area contributed by atoms with Crippen LogP contribution in [-0.4, -0.2) is 7.05 Å². The lowest BCUT2D eigenvalue weighted by molar-refractivity contribution is 0.458. The molecule has 1 aliphatic rings. The summed E-state index contributed by atoms with van der Waals surface area (Å²) in [6.07, 6.45) is 5.09. The lowest BCUT2D eigenvalue weighted by Crippen LogP contribution is -2.11. The van der Waals surface area contributed by atoms with Crippen molar-refractivity contribution in [3.05, 3.63) is 47.2 Å². The molecule has 0 saturated heterocycles. The Balaban J connectivity index is 1.91. The summed E-state index contributed by atoms with van der Waals surface area (Å²) in [5, 5.41) is 3.20. The molecule has 0 bridgehead atoms. The van der Waals surface area contributed by atoms with Crippen LogP contribution in [0.15, 0.2) is 34.7 Å². The molecule has 0 saturated carbocycles. The standard InChI is InChI=1S/C17H21NO/c1-12(18-2)16-9-10-17(19-16)15-8-7-13-5-3-4-6-14(13)11-15/h7-12,18H,3-6H2,1-2H3. The van der Waals surface area contributed by atoms with Gasteiger partial charge in [0.05, 0.1) is 6.04 Å². The second kappa shape index (κ2) is 5.22. The number of hydrogen-bond donors (Lipinski definition) is 1. The van der Waals surface area contributed by atoms with Gasteiger partial charge in [0, 0.05) is 5.56 Å². The molecule has 1 atom stereocenters. The second-order valence-corrected chi connectivity index (χ2v) is 5.40. The minimum atomic E-state index is 0.256. The second-order valence-electron chi connectivity index (χ2n) is 5.40. The molecule has 1 heterocycles. The molecule has 0 fully saturated rings. The van der Waals surface area contributed by atoms with E-state index in [1.807, 2.05) is 7.05 Å². The van der Waals surface area contributed by atoms with Crippen molar-refractivity contribution in [1.82, 2.24) is 5.32 Å². The molecule has 2 aromatic rings. The first-order chi connectivity index (χ1) is 9.28. The molecule has 1 aliphatic carbocycles. The average molecular weight is 255 g/mol. The zero-order valence-electron chi connectivity index (χ0n) is 11.7. The molecule has 0 spiro atoms. The van der Waals surface area contributed by atoms with E-state index < -0.39 is 0 Å². The Kier molecular flexibility index (Phi) is 3.43. The molecule has 0 aliphatic heterocycles. The monoisotopic (exact) mass is 255 g/mol. The third-order valence-corrected chi connectivity index (χ3v) is 4.12. The van der Waals surface area contributed by atoms with Crippen molar-refractivity contribution >= 4 is 0 Å². The maximum atomic E-state index is 5.95. The van der Waals surface area contributed by atoms with Crippen LogP contribution in [0.2, 0.25) is 0 Å². The van der Waals surface area contributed by atoms with Crippen LogP contribution in [-0.2, 0) is 12.8 Å². The number of fused-ring (bicyclic) bond motifs is 1. The third-order valence-electron chi connectivity index (χ3n) is 4.12. The van der Waals surface area contributed by atoms with Gasteiger partial charge >= 0.3 is 0 Å². The number of nitrogens with one attached hydrogen (secondary N) is 1. The molecule has 2 heteroatoms. The Bertz CT molecular complexity index is 570. The number of aryl methyl sites for hydroxylation is 2. The van der Waals surface area contributed by atoms with E-state index in [2.05, 4.69) is 42.6 Å². The van der Waals surface area contributed by atoms with Crippen molar-refractivity contribution in [2.75, 3.05) is 7.05 Å². The summed E-state index contributed by atoms with van der Waals surface area (Å²) in [5.41, 5.74) is 4.23. The van der Waals surface area contributed by atoms with Crippen molar-refractivity contribution in [2.45, 2.75) is 38.6 Å². The molecular weight excluding hydrogens is 234 g/mol. The molecule has 3 rings (SSSR count). The van der Waals surface area contributed by atoms with Gasteiger partial charge in [-0.15, -0.1) is 0 Å². The summed E-state index contributed by atoms with van der Waals surface area (Å²) in [7, 11) is 1.95. The van der Waals surface area contributed by atoms with E-state index in [-0.39, 0.29) is 6.04 Å². The van der Waals surface area contributed by atoms with Gasteiger partial charge in [-0.1, -0.05) is 12.1 Å². The lowest BCUT2D eigenvalue weighted by atomic mass is 9.90. The van der Waals surface area contributed by atoms with Crippen molar-refractivity contribution in [3.63, 3.8) is 0 Å². The molecule has 1 aromatic carbocycles. The summed E-state index contributed by atoms with van der Waals surface area (Å²) in [4.78, 5) is 0. The first kappa shape index (κ1) is 12.5. The van der Waals surface area contributed by atoms with Gasteiger partial charge in [0.2, 0.25) is 0 Å². The zero-order valence-corrected chi connectivity index (χ0v) is 11.7. The molecule has 19 heavy (non-hydrogen) atoms. The normalized spacial score (nSPS) is 16.1. The molecule has 1 aromatic heterocycles. The maximum Gasteiger partial charge on any atom is 0.134 e. The van der Waals surface area contributed by atoms with Crippen LogP contribution in [0, 0.1) is 0 Å². The van der Waals surface area contributed by atoms with Crippen LogP contribution in [0.25, 0.3) is 11.3 Å². The first-order valence-electron chi connectivity index (χ1n) is 7.17. The molecular formula is C17H21NO. The van der Waals surface area contributed by atoms with E-state index >= 15 is 0 Å². The molecule has 100 valence electrons. The van der Waals surface area contributed by atoms with Gasteiger partial charge in [0.1, 0.15) is 11.5 Å². The van der Waals surface area contributed by atoms with Crippen molar-refractivity contribution in [2.24, 2.45) is 0 Å². The smallest absolute Gasteiger partial charge is 0.134 e. The summed E-state index contributed by atoms with van der Waals surface area (Å²) in [6, 6.07) is 11.2. The summed E-state index contributed by atoms with van der Waals surface area (Å²) in [5.74, 6) is 1.97. The highest BCUT2D eigenvalue weighted by atomic mass is 16.3. The fourth-order valence-corrected chi connectivity index (χ4v) is 2.77. The first-order valence-corrected chi connectivity index (χ1v) is 7.17. The predicted octanol–water partition coefficient (Wildman–Crippen LogP) is 4.11. The number of furan rings is 1. The van der Waals surface area contributed by atoms with Crippen molar-refractivity contribution < 1.29 is 4.42 Å². The highest BCUT2D eigenvalue weighted by Gasteiger charge is 2.13. The van der Waals surface area contributed by atoms with Gasteiger partial charge in [-0.25, -0.2) is 0 Å². The Morgan fingerprint density at radius 2 is 1.84 bits per heavy atom. The zero-order chi connectivity index (χ0) is 13.2. The van der Waals surface area contributed by atoms with Gasteiger partial charge in [0.15, 0.2) is 0 Å². The third kappa shape index (κ3) is 2.45. The molecule has 2 nitrogen and oxygen atoms in total. The van der Waals surface area contributed by atoms with Gasteiger partial charge in [-0.05, 0) is 69.0 Å². The van der Waals surface area contributed by atoms with Crippen LogP contribution in [0.1, 0.15) is 42.7 Å². The van der Waals surface area contributed by atoms with E-state index in [1.165, 1.54) is 42.4 Å². The van der Waals surface area contributed by atoms with Crippen molar-refractivity contribution in [1.29, 1.82) is 0 Å². The van der Waals surface area contributed by atoms with Gasteiger partial charge in [-0.3, -0.25) is 0 Å². The van der Waals surface area contributed by atoms with E-state index in [9.17, 15) is 0 Å². The van der Waals surface area contributed by atoms with E-state index in [1.54, 1.807) is 0 Å². The summed E-state index contributed by atoms with van der Waals surface area (Å²) >= 11 is 0. The minimum Gasteiger partial charge on any atom is -0.459 e. The molecule has 1 unspecified atom stereocenters. The largest absolute Gasteiger partial charge is 0.459 e. The fraction of sp³-hybridized carbons (Fsp3) is 0.412.